The number of hydrogen-bond donors (Lipinski definition) is 2. The van der Waals surface area contributed by atoms with E-state index in [-0.39, 0.29) is 43.8 Å². The van der Waals surface area contributed by atoms with Gasteiger partial charge >= 0.3 is 0 Å². The predicted molar refractivity (Wildman–Crippen MR) is 135 cm³/mol. The number of rotatable bonds is 4. The lowest BCUT2D eigenvalue weighted by Gasteiger charge is -2.04. The second kappa shape index (κ2) is 9.01. The molecule has 170 valence electrons. The van der Waals surface area contributed by atoms with Gasteiger partial charge in [-0.2, -0.15) is 0 Å². The first kappa shape index (κ1) is 20.5. The van der Waals surface area contributed by atoms with Crippen molar-refractivity contribution < 1.29 is 11.0 Å². The van der Waals surface area contributed by atoms with Crippen LogP contribution in [0.15, 0.2) is 48.5 Å². The van der Waals surface area contributed by atoms with E-state index in [1.807, 2.05) is 48.6 Å². The molecule has 5 rings (SSSR count). The van der Waals surface area contributed by atoms with Crippen molar-refractivity contribution in [3.05, 3.63) is 71.3 Å². The summed E-state index contributed by atoms with van der Waals surface area (Å²) in [4.78, 5) is 35.1. The van der Waals surface area contributed by atoms with Crippen LogP contribution in [0.25, 0.3) is 46.4 Å². The third-order valence-corrected chi connectivity index (χ3v) is 5.56. The summed E-state index contributed by atoms with van der Waals surface area (Å²) in [5, 5.41) is 0. The molecule has 5 heterocycles. The molecule has 0 saturated heterocycles. The Morgan fingerprint density at radius 1 is 0.676 bits per heavy atom. The number of nitrogens with two attached hydrogens (primary N) is 2. The van der Waals surface area contributed by atoms with Gasteiger partial charge in [-0.05, 0) is 72.8 Å². The molecule has 3 aromatic heterocycles. The summed E-state index contributed by atoms with van der Waals surface area (Å²) in [6.45, 7) is 0.449. The molecule has 8 heteroatoms. The number of hydrogen-bond acceptors (Lipinski definition) is 6. The highest BCUT2D eigenvalue weighted by molar-refractivity contribution is 5.93. The Balaban J connectivity index is 1.88. The average molecular weight is 454 g/mol. The highest BCUT2D eigenvalue weighted by Gasteiger charge is 2.12. The maximum Gasteiger partial charge on any atom is 0.232 e. The first-order chi connectivity index (χ1) is 17.0. The monoisotopic (exact) mass is 453 g/mol. The Labute approximate surface area is 197 Å². The van der Waals surface area contributed by atoms with Crippen LogP contribution in [0.1, 0.15) is 46.6 Å². The first-order valence-corrected chi connectivity index (χ1v) is 11.0. The lowest BCUT2D eigenvalue weighted by Crippen LogP contribution is -2.15. The number of fused-ring (bicyclic) bond motifs is 8. The average Bonchev–Trinajstić information content (AvgIpc) is 3.59. The highest BCUT2D eigenvalue weighted by Crippen LogP contribution is 2.21. The SMILES string of the molecule is [2H]c1cc2cc3nc(cc4ccc(cc5nc(cc1n2C(=O)CCN)C=C5)n4C(=O)CCN)C=C3. The Kier molecular flexibility index (Phi) is 5.42. The maximum absolute atomic E-state index is 13.0. The third kappa shape index (κ3) is 4.12. The molecule has 8 bridgehead atoms. The summed E-state index contributed by atoms with van der Waals surface area (Å²) in [5.41, 5.74) is 16.1. The molecule has 0 atom stereocenters. The molecule has 0 aromatic carbocycles. The van der Waals surface area contributed by atoms with Gasteiger partial charge in [-0.25, -0.2) is 9.97 Å². The molecule has 2 aliphatic heterocycles. The number of aromatic nitrogens is 4. The lowest BCUT2D eigenvalue weighted by atomic mass is 10.3. The molecule has 0 spiro atoms. The Bertz CT molecular complexity index is 1580. The van der Waals surface area contributed by atoms with Crippen LogP contribution in [0.2, 0.25) is 0 Å². The summed E-state index contributed by atoms with van der Waals surface area (Å²) in [5.74, 6) is -0.322. The Hall–Kier alpha value is -4.14. The third-order valence-electron chi connectivity index (χ3n) is 5.56. The van der Waals surface area contributed by atoms with E-state index in [0.29, 0.717) is 44.8 Å². The van der Waals surface area contributed by atoms with E-state index >= 15 is 0 Å². The van der Waals surface area contributed by atoms with Crippen molar-refractivity contribution in [2.45, 2.75) is 12.8 Å². The van der Waals surface area contributed by atoms with Gasteiger partial charge in [0.15, 0.2) is 0 Å². The normalized spacial score (nSPS) is 12.7. The summed E-state index contributed by atoms with van der Waals surface area (Å²) in [6, 6.07) is 12.7. The molecule has 0 saturated carbocycles. The van der Waals surface area contributed by atoms with Crippen LogP contribution in [0.3, 0.4) is 0 Å². The van der Waals surface area contributed by atoms with E-state index in [9.17, 15) is 9.59 Å². The van der Waals surface area contributed by atoms with Gasteiger partial charge in [0.05, 0.1) is 46.2 Å². The highest BCUT2D eigenvalue weighted by atomic mass is 16.2. The molecule has 8 nitrogen and oxygen atoms in total. The van der Waals surface area contributed by atoms with E-state index in [1.54, 1.807) is 22.8 Å². The molecule has 0 unspecified atom stereocenters. The second-order valence-electron chi connectivity index (χ2n) is 7.98. The van der Waals surface area contributed by atoms with Crippen molar-refractivity contribution in [3.63, 3.8) is 0 Å². The van der Waals surface area contributed by atoms with E-state index in [4.69, 9.17) is 12.8 Å². The minimum atomic E-state index is -0.205. The maximum atomic E-state index is 13.0. The van der Waals surface area contributed by atoms with Crippen molar-refractivity contribution in [3.8, 4) is 0 Å². The van der Waals surface area contributed by atoms with Gasteiger partial charge < -0.3 is 11.5 Å². The zero-order valence-electron chi connectivity index (χ0n) is 19.4. The fourth-order valence-corrected chi connectivity index (χ4v) is 4.06. The molecule has 3 aromatic rings. The molecule has 4 N–H and O–H groups in total. The van der Waals surface area contributed by atoms with Gasteiger partial charge in [-0.3, -0.25) is 18.7 Å². The minimum Gasteiger partial charge on any atom is -0.330 e. The fourth-order valence-electron chi connectivity index (χ4n) is 4.06. The number of carbonyl (C=O) groups is 2. The van der Waals surface area contributed by atoms with Crippen LogP contribution in [-0.4, -0.2) is 44.0 Å². The molecular weight excluding hydrogens is 428 g/mol. The second-order valence-corrected chi connectivity index (χ2v) is 7.98. The molecule has 0 fully saturated rings. The van der Waals surface area contributed by atoms with Crippen molar-refractivity contribution >= 4 is 58.2 Å². The van der Waals surface area contributed by atoms with Crippen molar-refractivity contribution in [1.29, 1.82) is 0 Å². The van der Waals surface area contributed by atoms with E-state index in [2.05, 4.69) is 9.97 Å². The summed E-state index contributed by atoms with van der Waals surface area (Å²) in [6.07, 6.45) is 7.66. The standard InChI is InChI=1S/C26H24N6O2/c27-11-9-25(33)31-21-5-6-23(31)15-19-3-4-20(30-19)16-24-8-7-22(32(24)26(34)10-12-28)14-18-2-1-17(13-21)29-18/h1-8,13-16H,9-12,27-28H2/i5D. The van der Waals surface area contributed by atoms with Gasteiger partial charge in [0, 0.05) is 25.9 Å². The van der Waals surface area contributed by atoms with Crippen LogP contribution in [0.5, 0.6) is 0 Å². The van der Waals surface area contributed by atoms with Crippen LogP contribution in [0, 0.1) is 0 Å². The zero-order chi connectivity index (χ0) is 24.5. The van der Waals surface area contributed by atoms with E-state index < -0.39 is 0 Å². The Morgan fingerprint density at radius 3 is 1.50 bits per heavy atom. The lowest BCUT2D eigenvalue weighted by molar-refractivity contribution is 0.0907. The summed E-state index contributed by atoms with van der Waals surface area (Å²) >= 11 is 0. The van der Waals surface area contributed by atoms with Gasteiger partial charge in [0.25, 0.3) is 0 Å². The summed E-state index contributed by atoms with van der Waals surface area (Å²) < 4.78 is 11.6. The van der Waals surface area contributed by atoms with Crippen molar-refractivity contribution in [1.82, 2.24) is 19.1 Å². The van der Waals surface area contributed by atoms with Gasteiger partial charge in [0.1, 0.15) is 0 Å². The van der Waals surface area contributed by atoms with Crippen molar-refractivity contribution in [2.24, 2.45) is 11.5 Å². The molecule has 0 amide bonds. The van der Waals surface area contributed by atoms with E-state index in [0.717, 1.165) is 0 Å². The first-order valence-electron chi connectivity index (χ1n) is 11.5. The number of carbonyl (C=O) groups excluding carboxylic acids is 2. The van der Waals surface area contributed by atoms with Gasteiger partial charge in [0.2, 0.25) is 11.8 Å². The molecule has 34 heavy (non-hydrogen) atoms. The van der Waals surface area contributed by atoms with Crippen LogP contribution >= 0.6 is 0 Å². The largest absolute Gasteiger partial charge is 0.330 e. The topological polar surface area (TPSA) is 122 Å². The minimum absolute atomic E-state index is 0.117. The molecular formula is C26H24N6O2. The number of nitrogens with zero attached hydrogens (tertiary/aromatic N) is 4. The van der Waals surface area contributed by atoms with Crippen molar-refractivity contribution in [2.75, 3.05) is 13.1 Å². The van der Waals surface area contributed by atoms with Gasteiger partial charge in [-0.1, -0.05) is 0 Å². The molecule has 2 aliphatic rings. The van der Waals surface area contributed by atoms with Crippen LogP contribution in [0.4, 0.5) is 0 Å². The quantitative estimate of drug-likeness (QED) is 0.429. The fraction of sp³-hybridized carbons (Fsp3) is 0.154. The zero-order valence-corrected chi connectivity index (χ0v) is 18.4. The summed E-state index contributed by atoms with van der Waals surface area (Å²) in [7, 11) is 0. The van der Waals surface area contributed by atoms with E-state index in [1.165, 1.54) is 4.57 Å². The van der Waals surface area contributed by atoms with Crippen LogP contribution < -0.4 is 11.5 Å². The van der Waals surface area contributed by atoms with Crippen LogP contribution in [-0.2, 0) is 0 Å². The van der Waals surface area contributed by atoms with Gasteiger partial charge in [-0.15, -0.1) is 0 Å². The smallest absolute Gasteiger partial charge is 0.232 e. The Morgan fingerprint density at radius 2 is 1.06 bits per heavy atom. The molecule has 0 radical (unpaired) electrons. The predicted octanol–water partition coefficient (Wildman–Crippen LogP) is 3.58. The molecule has 0 aliphatic carbocycles.